The van der Waals surface area contributed by atoms with E-state index < -0.39 is 0 Å². The van der Waals surface area contributed by atoms with E-state index in [0.29, 0.717) is 16.8 Å². The van der Waals surface area contributed by atoms with Crippen molar-refractivity contribution in [2.75, 3.05) is 11.5 Å². The maximum Gasteiger partial charge on any atom is 0.258 e. The summed E-state index contributed by atoms with van der Waals surface area (Å²) in [6.07, 6.45) is 1.57. The maximum atomic E-state index is 8.87. The van der Waals surface area contributed by atoms with Crippen molar-refractivity contribution in [1.29, 1.82) is 5.26 Å². The Hall–Kier alpha value is -1.52. The highest BCUT2D eigenvalue weighted by Gasteiger charge is 2.28. The first-order valence-corrected chi connectivity index (χ1v) is 8.31. The van der Waals surface area contributed by atoms with E-state index in [1.54, 1.807) is 18.3 Å². The molecular formula is C13H12N4OS2. The van der Waals surface area contributed by atoms with Crippen molar-refractivity contribution in [3.8, 4) is 17.5 Å². The molecule has 2 atom stereocenters. The lowest BCUT2D eigenvalue weighted by Gasteiger charge is -2.24. The van der Waals surface area contributed by atoms with Gasteiger partial charge in [-0.2, -0.15) is 22.0 Å². The smallest absolute Gasteiger partial charge is 0.258 e. The summed E-state index contributed by atoms with van der Waals surface area (Å²) in [5, 5.41) is 13.7. The standard InChI is InChI=1S/C13H12N4OS2/c1-8-11(20-5-4-19-8)12-16-13(18-17-12)9-2-3-15-10(6-9)7-14/h2-3,6,8,11H,4-5H2,1H3. The fourth-order valence-corrected chi connectivity index (χ4v) is 4.69. The normalized spacial score (nSPS) is 22.4. The molecule has 0 radical (unpaired) electrons. The van der Waals surface area contributed by atoms with E-state index in [9.17, 15) is 0 Å². The SMILES string of the molecule is CC1SCCSC1c1noc(-c2ccnc(C#N)c2)n1. The number of rotatable bonds is 2. The molecule has 1 aliphatic heterocycles. The molecule has 0 spiro atoms. The van der Waals surface area contributed by atoms with Gasteiger partial charge in [0.1, 0.15) is 11.8 Å². The molecule has 3 rings (SSSR count). The highest BCUT2D eigenvalue weighted by atomic mass is 32.2. The van der Waals surface area contributed by atoms with E-state index in [-0.39, 0.29) is 5.25 Å². The Morgan fingerprint density at radius 3 is 3.05 bits per heavy atom. The van der Waals surface area contributed by atoms with Crippen LogP contribution >= 0.6 is 23.5 Å². The van der Waals surface area contributed by atoms with E-state index in [2.05, 4.69) is 22.0 Å². The van der Waals surface area contributed by atoms with Gasteiger partial charge in [-0.3, -0.25) is 0 Å². The summed E-state index contributed by atoms with van der Waals surface area (Å²) in [6, 6.07) is 5.43. The van der Waals surface area contributed by atoms with Crippen molar-refractivity contribution < 1.29 is 4.52 Å². The Kier molecular flexibility index (Phi) is 3.94. The minimum absolute atomic E-state index is 0.267. The van der Waals surface area contributed by atoms with Crippen LogP contribution in [0.4, 0.5) is 0 Å². The second-order valence-electron chi connectivity index (χ2n) is 4.37. The first-order chi connectivity index (χ1) is 9.78. The number of hydrogen-bond acceptors (Lipinski definition) is 7. The average molecular weight is 304 g/mol. The molecule has 5 nitrogen and oxygen atoms in total. The second kappa shape index (κ2) is 5.85. The van der Waals surface area contributed by atoms with Crippen molar-refractivity contribution in [3.05, 3.63) is 29.8 Å². The molecule has 1 fully saturated rings. The second-order valence-corrected chi connectivity index (χ2v) is 7.10. The van der Waals surface area contributed by atoms with Gasteiger partial charge in [0.15, 0.2) is 5.82 Å². The number of pyridine rings is 1. The number of aromatic nitrogens is 3. The molecule has 0 saturated carbocycles. The van der Waals surface area contributed by atoms with Crippen LogP contribution in [0.2, 0.25) is 0 Å². The van der Waals surface area contributed by atoms with Gasteiger partial charge in [-0.25, -0.2) is 4.98 Å². The average Bonchev–Trinajstić information content (AvgIpc) is 2.97. The molecule has 2 aromatic rings. The summed E-state index contributed by atoms with van der Waals surface area (Å²) in [6.45, 7) is 2.19. The van der Waals surface area contributed by atoms with Crippen molar-refractivity contribution in [2.24, 2.45) is 0 Å². The molecular weight excluding hydrogens is 292 g/mol. The number of nitrogens with zero attached hydrogens (tertiary/aromatic N) is 4. The van der Waals surface area contributed by atoms with Gasteiger partial charge < -0.3 is 4.52 Å². The molecule has 0 bridgehead atoms. The number of hydrogen-bond donors (Lipinski definition) is 0. The van der Waals surface area contributed by atoms with Crippen LogP contribution in [0.5, 0.6) is 0 Å². The molecule has 2 aromatic heterocycles. The molecule has 0 aromatic carbocycles. The Morgan fingerprint density at radius 2 is 2.25 bits per heavy atom. The predicted octanol–water partition coefficient (Wildman–Crippen LogP) is 2.91. The Balaban J connectivity index is 1.88. The zero-order valence-corrected chi connectivity index (χ0v) is 12.4. The zero-order valence-electron chi connectivity index (χ0n) is 10.8. The lowest BCUT2D eigenvalue weighted by molar-refractivity contribution is 0.421. The van der Waals surface area contributed by atoms with Crippen LogP contribution in [0.15, 0.2) is 22.9 Å². The maximum absolute atomic E-state index is 8.87. The van der Waals surface area contributed by atoms with Crippen molar-refractivity contribution >= 4 is 23.5 Å². The Bertz CT molecular complexity index is 652. The van der Waals surface area contributed by atoms with Crippen molar-refractivity contribution in [3.63, 3.8) is 0 Å². The Morgan fingerprint density at radius 1 is 1.40 bits per heavy atom. The first kappa shape index (κ1) is 13.5. The fourth-order valence-electron chi connectivity index (χ4n) is 2.01. The summed E-state index contributed by atoms with van der Waals surface area (Å²) in [5.74, 6) is 3.46. The molecule has 3 heterocycles. The molecule has 1 saturated heterocycles. The summed E-state index contributed by atoms with van der Waals surface area (Å²) >= 11 is 3.81. The summed E-state index contributed by atoms with van der Waals surface area (Å²) in [4.78, 5) is 8.41. The van der Waals surface area contributed by atoms with Gasteiger partial charge in [0.25, 0.3) is 5.89 Å². The third-order valence-electron chi connectivity index (χ3n) is 3.01. The van der Waals surface area contributed by atoms with Gasteiger partial charge in [-0.15, -0.1) is 11.8 Å². The van der Waals surface area contributed by atoms with E-state index >= 15 is 0 Å². The number of nitriles is 1. The Labute approximate surface area is 125 Å². The van der Waals surface area contributed by atoms with E-state index in [1.807, 2.05) is 29.6 Å². The first-order valence-electron chi connectivity index (χ1n) is 6.21. The number of thioether (sulfide) groups is 2. The minimum Gasteiger partial charge on any atom is -0.334 e. The van der Waals surface area contributed by atoms with Crippen LogP contribution in [0.25, 0.3) is 11.5 Å². The monoisotopic (exact) mass is 304 g/mol. The third kappa shape index (κ3) is 2.67. The molecule has 0 amide bonds. The van der Waals surface area contributed by atoms with Crippen molar-refractivity contribution in [1.82, 2.24) is 15.1 Å². The minimum atomic E-state index is 0.267. The lowest BCUT2D eigenvalue weighted by atomic mass is 10.2. The van der Waals surface area contributed by atoms with Gasteiger partial charge in [0, 0.05) is 28.5 Å². The summed E-state index contributed by atoms with van der Waals surface area (Å²) in [5.41, 5.74) is 1.08. The van der Waals surface area contributed by atoms with E-state index in [0.717, 1.165) is 17.1 Å². The van der Waals surface area contributed by atoms with Crippen LogP contribution in [0, 0.1) is 11.3 Å². The highest BCUT2D eigenvalue weighted by Crippen LogP contribution is 2.41. The van der Waals surface area contributed by atoms with Crippen LogP contribution in [-0.4, -0.2) is 31.9 Å². The van der Waals surface area contributed by atoms with Gasteiger partial charge >= 0.3 is 0 Å². The van der Waals surface area contributed by atoms with Crippen LogP contribution in [0.1, 0.15) is 23.7 Å². The van der Waals surface area contributed by atoms with E-state index in [4.69, 9.17) is 9.78 Å². The van der Waals surface area contributed by atoms with Crippen LogP contribution in [0.3, 0.4) is 0 Å². The van der Waals surface area contributed by atoms with Crippen LogP contribution < -0.4 is 0 Å². The van der Waals surface area contributed by atoms with Gasteiger partial charge in [-0.1, -0.05) is 12.1 Å². The van der Waals surface area contributed by atoms with Crippen molar-refractivity contribution in [2.45, 2.75) is 17.4 Å². The quantitative estimate of drug-likeness (QED) is 0.844. The summed E-state index contributed by atoms with van der Waals surface area (Å²) in [7, 11) is 0. The fraction of sp³-hybridized carbons (Fsp3) is 0.385. The lowest BCUT2D eigenvalue weighted by Crippen LogP contribution is -2.16. The van der Waals surface area contributed by atoms with Gasteiger partial charge in [0.2, 0.25) is 0 Å². The van der Waals surface area contributed by atoms with Gasteiger partial charge in [-0.05, 0) is 12.1 Å². The topological polar surface area (TPSA) is 75.6 Å². The predicted molar refractivity (Wildman–Crippen MR) is 79.4 cm³/mol. The van der Waals surface area contributed by atoms with Crippen LogP contribution in [-0.2, 0) is 0 Å². The molecule has 0 aliphatic carbocycles. The molecule has 102 valence electrons. The molecule has 1 aliphatic rings. The molecule has 2 unspecified atom stereocenters. The van der Waals surface area contributed by atoms with E-state index in [1.165, 1.54) is 5.75 Å². The third-order valence-corrected chi connectivity index (χ3v) is 6.09. The summed E-state index contributed by atoms with van der Waals surface area (Å²) < 4.78 is 5.33. The molecule has 20 heavy (non-hydrogen) atoms. The molecule has 7 heteroatoms. The molecule has 0 N–H and O–H groups in total. The highest BCUT2D eigenvalue weighted by molar-refractivity contribution is 8.06. The zero-order chi connectivity index (χ0) is 13.9. The van der Waals surface area contributed by atoms with Gasteiger partial charge in [0.05, 0.1) is 5.25 Å². The largest absolute Gasteiger partial charge is 0.334 e.